The van der Waals surface area contributed by atoms with Gasteiger partial charge in [0.1, 0.15) is 4.90 Å². The van der Waals surface area contributed by atoms with Crippen LogP contribution in [0.3, 0.4) is 0 Å². The van der Waals surface area contributed by atoms with Crippen molar-refractivity contribution in [1.82, 2.24) is 14.9 Å². The number of alkyl halides is 1. The van der Waals surface area contributed by atoms with Crippen LogP contribution in [0.2, 0.25) is 0 Å². The molecule has 0 saturated heterocycles. The first kappa shape index (κ1) is 14.7. The van der Waals surface area contributed by atoms with Crippen LogP contribution in [-0.2, 0) is 10.0 Å². The van der Waals surface area contributed by atoms with Gasteiger partial charge in [-0.25, -0.2) is 13.1 Å². The predicted molar refractivity (Wildman–Crippen MR) is 70.8 cm³/mol. The van der Waals surface area contributed by atoms with Crippen LogP contribution in [0, 0.1) is 6.92 Å². The van der Waals surface area contributed by atoms with Crippen molar-refractivity contribution < 1.29 is 8.42 Å². The lowest BCUT2D eigenvalue weighted by molar-refractivity contribution is 0.392. The Labute approximate surface area is 111 Å². The topological polar surface area (TPSA) is 74.8 Å². The van der Waals surface area contributed by atoms with Crippen LogP contribution in [0.4, 0.5) is 0 Å². The molecule has 0 spiro atoms. The van der Waals surface area contributed by atoms with E-state index in [4.69, 9.17) is 0 Å². The van der Waals surface area contributed by atoms with Gasteiger partial charge in [0.25, 0.3) is 0 Å². The Morgan fingerprint density at radius 3 is 2.65 bits per heavy atom. The van der Waals surface area contributed by atoms with Crippen LogP contribution >= 0.6 is 15.9 Å². The fourth-order valence-electron chi connectivity index (χ4n) is 1.50. The van der Waals surface area contributed by atoms with E-state index in [1.165, 1.54) is 6.20 Å². The molecule has 0 aromatic carbocycles. The van der Waals surface area contributed by atoms with Crippen LogP contribution in [0.1, 0.15) is 32.4 Å². The van der Waals surface area contributed by atoms with E-state index in [-0.39, 0.29) is 4.90 Å². The zero-order valence-corrected chi connectivity index (χ0v) is 12.7. The minimum Gasteiger partial charge on any atom is -0.281 e. The van der Waals surface area contributed by atoms with Crippen molar-refractivity contribution in [2.45, 2.75) is 44.0 Å². The van der Waals surface area contributed by atoms with Crippen molar-refractivity contribution in [2.75, 3.05) is 5.33 Å². The van der Waals surface area contributed by atoms with Gasteiger partial charge < -0.3 is 0 Å². The number of nitrogens with one attached hydrogen (secondary N) is 2. The molecule has 0 radical (unpaired) electrons. The fraction of sp³-hybridized carbons (Fsp3) is 0.700. The molecular formula is C10H18BrN3O2S. The van der Waals surface area contributed by atoms with Gasteiger partial charge in [-0.3, -0.25) is 5.10 Å². The number of halogens is 1. The molecule has 0 amide bonds. The van der Waals surface area contributed by atoms with Gasteiger partial charge in [0.2, 0.25) is 10.0 Å². The average Bonchev–Trinajstić information content (AvgIpc) is 2.65. The maximum absolute atomic E-state index is 12.2. The third kappa shape index (κ3) is 3.53. The quantitative estimate of drug-likeness (QED) is 0.786. The maximum Gasteiger partial charge on any atom is 0.244 e. The largest absolute Gasteiger partial charge is 0.281 e. The summed E-state index contributed by atoms with van der Waals surface area (Å²) in [5.74, 6) is 0. The summed E-state index contributed by atoms with van der Waals surface area (Å²) in [6.45, 7) is 5.56. The van der Waals surface area contributed by atoms with E-state index in [0.29, 0.717) is 5.69 Å². The lowest BCUT2D eigenvalue weighted by Crippen LogP contribution is -2.45. The first-order valence-electron chi connectivity index (χ1n) is 5.44. The van der Waals surface area contributed by atoms with Crippen LogP contribution in [0.15, 0.2) is 11.1 Å². The third-order valence-corrected chi connectivity index (χ3v) is 5.03. The number of aromatic nitrogens is 2. The second-order valence-electron chi connectivity index (χ2n) is 4.32. The highest BCUT2D eigenvalue weighted by Gasteiger charge is 2.29. The van der Waals surface area contributed by atoms with Gasteiger partial charge in [-0.1, -0.05) is 22.9 Å². The summed E-state index contributed by atoms with van der Waals surface area (Å²) in [6, 6.07) is 0. The van der Waals surface area contributed by atoms with Crippen LogP contribution in [0.5, 0.6) is 0 Å². The molecule has 1 aromatic rings. The molecule has 2 N–H and O–H groups in total. The van der Waals surface area contributed by atoms with Crippen molar-refractivity contribution in [3.63, 3.8) is 0 Å². The Bertz CT molecular complexity index is 472. The number of H-pyrrole nitrogens is 1. The first-order chi connectivity index (χ1) is 7.84. The van der Waals surface area contributed by atoms with Crippen molar-refractivity contribution in [1.29, 1.82) is 0 Å². The highest BCUT2D eigenvalue weighted by atomic mass is 79.9. The van der Waals surface area contributed by atoms with Gasteiger partial charge in [0, 0.05) is 10.9 Å². The number of nitrogens with zero attached hydrogens (tertiary/aromatic N) is 1. The molecule has 1 heterocycles. The minimum absolute atomic E-state index is 0.215. The number of sulfonamides is 1. The Kier molecular flexibility index (Phi) is 4.74. The molecule has 0 bridgehead atoms. The maximum atomic E-state index is 12.2. The van der Waals surface area contributed by atoms with E-state index in [1.807, 2.05) is 13.8 Å². The molecule has 0 saturated carbocycles. The lowest BCUT2D eigenvalue weighted by atomic mass is 9.98. The number of aryl methyl sites for hydroxylation is 1. The molecule has 5 nitrogen and oxygen atoms in total. The van der Waals surface area contributed by atoms with E-state index in [2.05, 4.69) is 30.8 Å². The SMILES string of the molecule is CCC(C)(CCBr)NS(=O)(=O)c1cn[nH]c1C. The second kappa shape index (κ2) is 5.49. The zero-order chi connectivity index (χ0) is 13.1. The molecule has 0 aliphatic carbocycles. The molecule has 0 aliphatic rings. The number of aromatic amines is 1. The summed E-state index contributed by atoms with van der Waals surface area (Å²) in [4.78, 5) is 0.215. The first-order valence-corrected chi connectivity index (χ1v) is 8.05. The average molecular weight is 324 g/mol. The van der Waals surface area contributed by atoms with Gasteiger partial charge in [-0.05, 0) is 26.7 Å². The van der Waals surface area contributed by atoms with Crippen molar-refractivity contribution in [2.24, 2.45) is 0 Å². The standard InChI is InChI=1S/C10H18BrN3O2S/c1-4-10(3,5-6-11)14-17(15,16)9-7-12-13-8(9)2/h7,14H,4-6H2,1-3H3,(H,12,13). The molecule has 1 aromatic heterocycles. The Balaban J connectivity index is 2.98. The van der Waals surface area contributed by atoms with E-state index < -0.39 is 15.6 Å². The van der Waals surface area contributed by atoms with Gasteiger partial charge in [-0.15, -0.1) is 0 Å². The highest BCUT2D eigenvalue weighted by Crippen LogP contribution is 2.20. The summed E-state index contributed by atoms with van der Waals surface area (Å²) >= 11 is 3.34. The highest BCUT2D eigenvalue weighted by molar-refractivity contribution is 9.09. The molecule has 0 aliphatic heterocycles. The number of rotatable bonds is 6. The second-order valence-corrected chi connectivity index (χ2v) is 6.76. The Morgan fingerprint density at radius 1 is 1.59 bits per heavy atom. The summed E-state index contributed by atoms with van der Waals surface area (Å²) in [6.07, 6.45) is 2.80. The fourth-order valence-corrected chi connectivity index (χ4v) is 4.02. The van der Waals surface area contributed by atoms with Crippen LogP contribution in [-0.4, -0.2) is 29.5 Å². The zero-order valence-electron chi connectivity index (χ0n) is 10.2. The van der Waals surface area contributed by atoms with Gasteiger partial charge in [-0.2, -0.15) is 5.10 Å². The van der Waals surface area contributed by atoms with Gasteiger partial charge in [0.05, 0.1) is 11.9 Å². The van der Waals surface area contributed by atoms with Crippen LogP contribution < -0.4 is 4.72 Å². The minimum atomic E-state index is -3.50. The lowest BCUT2D eigenvalue weighted by Gasteiger charge is -2.28. The molecule has 1 unspecified atom stereocenters. The van der Waals surface area contributed by atoms with E-state index in [1.54, 1.807) is 6.92 Å². The third-order valence-electron chi connectivity index (χ3n) is 2.88. The molecule has 17 heavy (non-hydrogen) atoms. The van der Waals surface area contributed by atoms with E-state index in [0.717, 1.165) is 18.2 Å². The molecule has 7 heteroatoms. The van der Waals surface area contributed by atoms with Crippen molar-refractivity contribution in [3.8, 4) is 0 Å². The van der Waals surface area contributed by atoms with Gasteiger partial charge >= 0.3 is 0 Å². The smallest absolute Gasteiger partial charge is 0.244 e. The molecule has 1 rings (SSSR count). The molecule has 1 atom stereocenters. The normalized spacial score (nSPS) is 15.8. The molecule has 0 fully saturated rings. The van der Waals surface area contributed by atoms with Gasteiger partial charge in [0.15, 0.2) is 0 Å². The Hall–Kier alpha value is -0.400. The predicted octanol–water partition coefficient (Wildman–Crippen LogP) is 1.95. The molecular weight excluding hydrogens is 306 g/mol. The van der Waals surface area contributed by atoms with Crippen LogP contribution in [0.25, 0.3) is 0 Å². The summed E-state index contributed by atoms with van der Waals surface area (Å²) in [5.41, 5.74) is 0.112. The van der Waals surface area contributed by atoms with E-state index >= 15 is 0 Å². The Morgan fingerprint density at radius 2 is 2.24 bits per heavy atom. The number of hydrogen-bond acceptors (Lipinski definition) is 3. The monoisotopic (exact) mass is 323 g/mol. The number of hydrogen-bond donors (Lipinski definition) is 2. The summed E-state index contributed by atoms with van der Waals surface area (Å²) in [5, 5.41) is 7.12. The summed E-state index contributed by atoms with van der Waals surface area (Å²) < 4.78 is 27.1. The van der Waals surface area contributed by atoms with E-state index in [9.17, 15) is 8.42 Å². The van der Waals surface area contributed by atoms with Crippen molar-refractivity contribution >= 4 is 26.0 Å². The summed E-state index contributed by atoms with van der Waals surface area (Å²) in [7, 11) is -3.50. The van der Waals surface area contributed by atoms with Crippen molar-refractivity contribution in [3.05, 3.63) is 11.9 Å². The molecule has 98 valence electrons.